The minimum atomic E-state index is -0.482. The number of carbonyl (C=O) groups excluding carboxylic acids is 2. The predicted molar refractivity (Wildman–Crippen MR) is 161 cm³/mol. The number of hydrogen-bond donors (Lipinski definition) is 4. The highest BCUT2D eigenvalue weighted by Crippen LogP contribution is 2.27. The lowest BCUT2D eigenvalue weighted by Gasteiger charge is -2.19. The molecule has 0 aliphatic rings. The van der Waals surface area contributed by atoms with Gasteiger partial charge in [0.1, 0.15) is 11.6 Å². The molecular formula is C32H38N6O3. The summed E-state index contributed by atoms with van der Waals surface area (Å²) >= 11 is 0. The van der Waals surface area contributed by atoms with E-state index in [0.717, 1.165) is 28.3 Å². The van der Waals surface area contributed by atoms with E-state index in [1.807, 2.05) is 22.9 Å². The van der Waals surface area contributed by atoms with Crippen LogP contribution in [0.5, 0.6) is 5.75 Å². The van der Waals surface area contributed by atoms with E-state index in [9.17, 15) is 14.7 Å². The molecule has 0 aliphatic heterocycles. The zero-order valence-corrected chi connectivity index (χ0v) is 23.8. The Morgan fingerprint density at radius 3 is 2.32 bits per heavy atom. The Balaban J connectivity index is 1.40. The van der Waals surface area contributed by atoms with E-state index in [4.69, 9.17) is 10.8 Å². The number of hydrogen-bond acceptors (Lipinski definition) is 6. The van der Waals surface area contributed by atoms with Crippen molar-refractivity contribution in [3.8, 4) is 22.7 Å². The van der Waals surface area contributed by atoms with Crippen LogP contribution in [0.2, 0.25) is 0 Å². The summed E-state index contributed by atoms with van der Waals surface area (Å²) in [6.45, 7) is 7.10. The molecule has 0 spiro atoms. The molecule has 0 bridgehead atoms. The second-order valence-electron chi connectivity index (χ2n) is 11.2. The summed E-state index contributed by atoms with van der Waals surface area (Å²) < 4.78 is 1.88. The van der Waals surface area contributed by atoms with Crippen molar-refractivity contribution in [3.63, 3.8) is 0 Å². The average Bonchev–Trinajstić information content (AvgIpc) is 3.36. The third-order valence-corrected chi connectivity index (χ3v) is 6.78. The monoisotopic (exact) mass is 554 g/mol. The molecular weight excluding hydrogens is 516 g/mol. The van der Waals surface area contributed by atoms with Crippen LogP contribution in [0.15, 0.2) is 79.1 Å². The molecule has 2 aromatic carbocycles. The highest BCUT2D eigenvalue weighted by atomic mass is 16.3. The van der Waals surface area contributed by atoms with Crippen LogP contribution in [-0.2, 0) is 21.4 Å². The number of nitrogens with one attached hydrogen (secondary N) is 2. The number of phenolic OH excluding ortho intramolecular Hbond substituents is 1. The van der Waals surface area contributed by atoms with Crippen LogP contribution in [0, 0.1) is 0 Å². The highest BCUT2D eigenvalue weighted by Gasteiger charge is 2.17. The van der Waals surface area contributed by atoms with Crippen molar-refractivity contribution in [2.75, 3.05) is 11.9 Å². The van der Waals surface area contributed by atoms with Gasteiger partial charge in [0, 0.05) is 49.5 Å². The molecule has 2 aromatic heterocycles. The molecule has 1 atom stereocenters. The van der Waals surface area contributed by atoms with Crippen LogP contribution in [0.4, 0.5) is 5.82 Å². The van der Waals surface area contributed by atoms with Crippen molar-refractivity contribution in [1.82, 2.24) is 20.1 Å². The van der Waals surface area contributed by atoms with Crippen molar-refractivity contribution in [3.05, 3.63) is 90.3 Å². The van der Waals surface area contributed by atoms with Crippen molar-refractivity contribution >= 4 is 17.6 Å². The summed E-state index contributed by atoms with van der Waals surface area (Å²) in [6, 6.07) is 20.5. The normalized spacial score (nSPS) is 12.1. The lowest BCUT2D eigenvalue weighted by atomic mass is 9.87. The van der Waals surface area contributed by atoms with Crippen molar-refractivity contribution < 1.29 is 14.7 Å². The van der Waals surface area contributed by atoms with Gasteiger partial charge in [0.15, 0.2) is 0 Å². The Morgan fingerprint density at radius 1 is 1.00 bits per heavy atom. The third-order valence-electron chi connectivity index (χ3n) is 6.78. The molecule has 4 aromatic rings. The molecule has 4 rings (SSSR count). The maximum atomic E-state index is 12.7. The quantitative estimate of drug-likeness (QED) is 0.187. The van der Waals surface area contributed by atoms with E-state index in [0.29, 0.717) is 19.4 Å². The van der Waals surface area contributed by atoms with Gasteiger partial charge >= 0.3 is 0 Å². The Morgan fingerprint density at radius 2 is 1.68 bits per heavy atom. The van der Waals surface area contributed by atoms with Crippen molar-refractivity contribution in [2.45, 2.75) is 57.9 Å². The first kappa shape index (κ1) is 29.3. The average molecular weight is 555 g/mol. The molecule has 9 heteroatoms. The fraction of sp³-hybridized carbons (Fsp3) is 0.312. The topological polar surface area (TPSA) is 135 Å². The minimum absolute atomic E-state index is 0.0375. The Labute approximate surface area is 240 Å². The number of aromatic hydroxyl groups is 1. The van der Waals surface area contributed by atoms with Gasteiger partial charge in [-0.15, -0.1) is 0 Å². The number of phenols is 1. The number of amides is 2. The number of pyridine rings is 1. The van der Waals surface area contributed by atoms with Crippen LogP contribution in [0.3, 0.4) is 0 Å². The molecule has 214 valence electrons. The number of rotatable bonds is 12. The van der Waals surface area contributed by atoms with Gasteiger partial charge in [-0.25, -0.2) is 4.68 Å². The third kappa shape index (κ3) is 8.41. The number of primary amides is 1. The zero-order valence-electron chi connectivity index (χ0n) is 23.8. The molecule has 5 N–H and O–H groups in total. The van der Waals surface area contributed by atoms with Crippen LogP contribution >= 0.6 is 0 Å². The van der Waals surface area contributed by atoms with Crippen molar-refractivity contribution in [1.29, 1.82) is 0 Å². The molecule has 0 aliphatic carbocycles. The Hall–Kier alpha value is -4.66. The SMILES string of the molecule is CC(C)(C)c1ccc(-n2nc(-c3ccncc3)cc2NCCCC(=O)NC(CC(N)=O)Cc2ccc(O)cc2)cc1. The molecule has 0 radical (unpaired) electrons. The zero-order chi connectivity index (χ0) is 29.4. The van der Waals surface area contributed by atoms with Crippen LogP contribution < -0.4 is 16.4 Å². The lowest BCUT2D eigenvalue weighted by Crippen LogP contribution is -2.39. The van der Waals surface area contributed by atoms with Crippen LogP contribution in [0.25, 0.3) is 16.9 Å². The van der Waals surface area contributed by atoms with Gasteiger partial charge in [-0.3, -0.25) is 14.6 Å². The first-order valence-corrected chi connectivity index (χ1v) is 13.8. The van der Waals surface area contributed by atoms with Gasteiger partial charge in [0.25, 0.3) is 0 Å². The van der Waals surface area contributed by atoms with Crippen LogP contribution in [-0.4, -0.2) is 44.3 Å². The Bertz CT molecular complexity index is 1440. The van der Waals surface area contributed by atoms with E-state index in [-0.39, 0.29) is 29.9 Å². The Kier molecular flexibility index (Phi) is 9.39. The number of nitrogens with zero attached hydrogens (tertiary/aromatic N) is 3. The molecule has 41 heavy (non-hydrogen) atoms. The van der Waals surface area contributed by atoms with E-state index in [1.54, 1.807) is 36.7 Å². The molecule has 2 amide bonds. The summed E-state index contributed by atoms with van der Waals surface area (Å²) in [4.78, 5) is 28.4. The van der Waals surface area contributed by atoms with E-state index in [1.165, 1.54) is 5.56 Å². The lowest BCUT2D eigenvalue weighted by molar-refractivity contribution is -0.122. The molecule has 0 saturated heterocycles. The summed E-state index contributed by atoms with van der Waals surface area (Å²) in [5.74, 6) is 0.345. The van der Waals surface area contributed by atoms with Gasteiger partial charge in [0.05, 0.1) is 11.4 Å². The van der Waals surface area contributed by atoms with Crippen LogP contribution in [0.1, 0.15) is 51.2 Å². The fourth-order valence-electron chi connectivity index (χ4n) is 4.57. The van der Waals surface area contributed by atoms with E-state index < -0.39 is 11.9 Å². The summed E-state index contributed by atoms with van der Waals surface area (Å²) in [7, 11) is 0. The van der Waals surface area contributed by atoms with Gasteiger partial charge in [-0.05, 0) is 65.8 Å². The minimum Gasteiger partial charge on any atom is -0.508 e. The second-order valence-corrected chi connectivity index (χ2v) is 11.2. The first-order chi connectivity index (χ1) is 19.6. The molecule has 0 fully saturated rings. The maximum Gasteiger partial charge on any atom is 0.220 e. The standard InChI is InChI=1S/C32H38N6O3/c1-32(2,3)24-8-10-26(11-9-24)38-30(21-28(37-38)23-14-17-34-18-15-23)35-16-4-5-31(41)36-25(20-29(33)40)19-22-6-12-27(39)13-7-22/h6-15,17-18,21,25,35,39H,4-5,16,19-20H2,1-3H3,(H2,33,40)(H,36,41). The van der Waals surface area contributed by atoms with Gasteiger partial charge < -0.3 is 21.5 Å². The smallest absolute Gasteiger partial charge is 0.220 e. The number of aromatic nitrogens is 3. The number of anilines is 1. The largest absolute Gasteiger partial charge is 0.508 e. The molecule has 1 unspecified atom stereocenters. The number of carbonyl (C=O) groups is 2. The summed E-state index contributed by atoms with van der Waals surface area (Å²) in [5.41, 5.74) is 10.3. The van der Waals surface area contributed by atoms with Crippen molar-refractivity contribution in [2.24, 2.45) is 5.73 Å². The van der Waals surface area contributed by atoms with Gasteiger partial charge in [0.2, 0.25) is 11.8 Å². The fourth-order valence-corrected chi connectivity index (χ4v) is 4.57. The molecule has 9 nitrogen and oxygen atoms in total. The van der Waals surface area contributed by atoms with Gasteiger partial charge in [-0.1, -0.05) is 45.0 Å². The maximum absolute atomic E-state index is 12.7. The first-order valence-electron chi connectivity index (χ1n) is 13.8. The number of benzene rings is 2. The molecule has 2 heterocycles. The van der Waals surface area contributed by atoms with Gasteiger partial charge in [-0.2, -0.15) is 5.10 Å². The van der Waals surface area contributed by atoms with E-state index >= 15 is 0 Å². The second kappa shape index (κ2) is 13.1. The van der Waals surface area contributed by atoms with E-state index in [2.05, 4.69) is 60.7 Å². The summed E-state index contributed by atoms with van der Waals surface area (Å²) in [6.07, 6.45) is 4.82. The predicted octanol–water partition coefficient (Wildman–Crippen LogP) is 4.73. The summed E-state index contributed by atoms with van der Waals surface area (Å²) in [5, 5.41) is 20.7. The molecule has 0 saturated carbocycles. The highest BCUT2D eigenvalue weighted by molar-refractivity contribution is 5.79. The number of nitrogens with two attached hydrogens (primary N) is 1.